The molecule has 0 spiro atoms. The molecule has 4 rings (SSSR count). The Labute approximate surface area is 124 Å². The third-order valence-electron chi connectivity index (χ3n) is 4.38. The lowest BCUT2D eigenvalue weighted by molar-refractivity contribution is 0.109. The first-order valence-corrected chi connectivity index (χ1v) is 7.81. The van der Waals surface area contributed by atoms with Crippen molar-refractivity contribution in [3.63, 3.8) is 0 Å². The molecule has 112 valence electrons. The maximum atomic E-state index is 5.70. The van der Waals surface area contributed by atoms with Crippen LogP contribution >= 0.6 is 0 Å². The Morgan fingerprint density at radius 2 is 2.19 bits per heavy atom. The van der Waals surface area contributed by atoms with Gasteiger partial charge in [0.25, 0.3) is 0 Å². The lowest BCUT2D eigenvalue weighted by atomic mass is 10.2. The summed E-state index contributed by atoms with van der Waals surface area (Å²) in [5.74, 6) is 1.00. The van der Waals surface area contributed by atoms with E-state index in [1.54, 1.807) is 0 Å². The van der Waals surface area contributed by atoms with Gasteiger partial charge in [0.15, 0.2) is 5.65 Å². The van der Waals surface area contributed by atoms with Crippen molar-refractivity contribution in [2.45, 2.75) is 25.4 Å². The van der Waals surface area contributed by atoms with Crippen molar-refractivity contribution in [2.24, 2.45) is 0 Å². The summed E-state index contributed by atoms with van der Waals surface area (Å²) in [5.41, 5.74) is 2.17. The normalized spacial score (nSPS) is 23.0. The largest absolute Gasteiger partial charge is 0.378 e. The fourth-order valence-corrected chi connectivity index (χ4v) is 3.20. The summed E-state index contributed by atoms with van der Waals surface area (Å²) in [6.07, 6.45) is 5.55. The summed E-state index contributed by atoms with van der Waals surface area (Å²) in [4.78, 5) is 2.39. The van der Waals surface area contributed by atoms with Gasteiger partial charge >= 0.3 is 0 Å². The predicted octanol–water partition coefficient (Wildman–Crippen LogP) is 0.860. The molecule has 1 atom stereocenters. The highest BCUT2D eigenvalue weighted by Gasteiger charge is 2.19. The minimum absolute atomic E-state index is 0.310. The van der Waals surface area contributed by atoms with E-state index in [0.29, 0.717) is 6.10 Å². The number of anilines is 1. The topological polar surface area (TPSA) is 54.7 Å². The number of nitrogens with one attached hydrogen (secondary N) is 1. The molecule has 21 heavy (non-hydrogen) atoms. The number of hydrogen-bond donors (Lipinski definition) is 1. The lowest BCUT2D eigenvalue weighted by Gasteiger charge is -2.29. The number of ether oxygens (including phenoxy) is 1. The van der Waals surface area contributed by atoms with Crippen molar-refractivity contribution in [3.8, 4) is 0 Å². The number of piperazine rings is 1. The second kappa shape index (κ2) is 5.61. The van der Waals surface area contributed by atoms with Gasteiger partial charge in [0.2, 0.25) is 0 Å². The van der Waals surface area contributed by atoms with Gasteiger partial charge in [-0.05, 0) is 18.9 Å². The molecule has 6 nitrogen and oxygen atoms in total. The monoisotopic (exact) mass is 287 g/mol. The van der Waals surface area contributed by atoms with Crippen LogP contribution in [-0.2, 0) is 11.2 Å². The number of fused-ring (bicyclic) bond motifs is 1. The van der Waals surface area contributed by atoms with E-state index >= 15 is 0 Å². The molecule has 1 unspecified atom stereocenters. The molecule has 0 aromatic carbocycles. The van der Waals surface area contributed by atoms with Crippen molar-refractivity contribution < 1.29 is 4.74 Å². The third kappa shape index (κ3) is 2.61. The van der Waals surface area contributed by atoms with E-state index in [9.17, 15) is 0 Å². The fourth-order valence-electron chi connectivity index (χ4n) is 3.20. The van der Waals surface area contributed by atoms with Gasteiger partial charge in [-0.3, -0.25) is 4.40 Å². The molecule has 0 saturated carbocycles. The van der Waals surface area contributed by atoms with E-state index in [1.807, 2.05) is 0 Å². The summed E-state index contributed by atoms with van der Waals surface area (Å²) in [5, 5.41) is 12.1. The van der Waals surface area contributed by atoms with Crippen LogP contribution in [0.25, 0.3) is 5.65 Å². The number of hydrogen-bond acceptors (Lipinski definition) is 5. The van der Waals surface area contributed by atoms with Gasteiger partial charge in [-0.25, -0.2) is 0 Å². The SMILES string of the molecule is c1cn2c(CC3CCCO3)nnc2cc1N1CCNCC1. The Morgan fingerprint density at radius 1 is 1.29 bits per heavy atom. The van der Waals surface area contributed by atoms with E-state index < -0.39 is 0 Å². The van der Waals surface area contributed by atoms with Crippen molar-refractivity contribution in [2.75, 3.05) is 37.7 Å². The Hall–Kier alpha value is -1.66. The van der Waals surface area contributed by atoms with Crippen LogP contribution < -0.4 is 10.2 Å². The van der Waals surface area contributed by atoms with Crippen molar-refractivity contribution in [1.29, 1.82) is 0 Å². The third-order valence-corrected chi connectivity index (χ3v) is 4.38. The molecule has 0 amide bonds. The smallest absolute Gasteiger partial charge is 0.162 e. The lowest BCUT2D eigenvalue weighted by Crippen LogP contribution is -2.43. The van der Waals surface area contributed by atoms with Gasteiger partial charge in [0, 0.05) is 57.2 Å². The van der Waals surface area contributed by atoms with Crippen molar-refractivity contribution in [1.82, 2.24) is 19.9 Å². The molecule has 2 fully saturated rings. The van der Waals surface area contributed by atoms with E-state index in [4.69, 9.17) is 4.74 Å². The standard InChI is InChI=1S/C15H21N5O/c1-2-13(21-9-1)11-15-18-17-14-10-12(3-6-20(14)15)19-7-4-16-5-8-19/h3,6,10,13,16H,1-2,4-5,7-9,11H2. The Bertz CT molecular complexity index is 614. The first-order valence-electron chi connectivity index (χ1n) is 7.81. The van der Waals surface area contributed by atoms with Gasteiger partial charge in [-0.15, -0.1) is 10.2 Å². The van der Waals surface area contributed by atoms with Crippen LogP contribution in [0.5, 0.6) is 0 Å². The molecule has 0 bridgehead atoms. The van der Waals surface area contributed by atoms with E-state index in [1.165, 1.54) is 5.69 Å². The van der Waals surface area contributed by atoms with E-state index in [2.05, 4.69) is 43.1 Å². The van der Waals surface area contributed by atoms with Gasteiger partial charge in [-0.1, -0.05) is 0 Å². The van der Waals surface area contributed by atoms with Crippen molar-refractivity contribution >= 4 is 11.3 Å². The van der Waals surface area contributed by atoms with Gasteiger partial charge in [0.1, 0.15) is 5.82 Å². The van der Waals surface area contributed by atoms with Crippen LogP contribution in [0.2, 0.25) is 0 Å². The second-order valence-corrected chi connectivity index (χ2v) is 5.81. The second-order valence-electron chi connectivity index (χ2n) is 5.81. The number of rotatable bonds is 3. The molecule has 2 aromatic rings. The number of aromatic nitrogens is 3. The minimum atomic E-state index is 0.310. The Kier molecular flexibility index (Phi) is 3.48. The number of nitrogens with zero attached hydrogens (tertiary/aromatic N) is 4. The summed E-state index contributed by atoms with van der Waals surface area (Å²) in [6.45, 7) is 5.07. The molecule has 2 saturated heterocycles. The number of pyridine rings is 1. The van der Waals surface area contributed by atoms with Crippen LogP contribution in [0.4, 0.5) is 5.69 Å². The van der Waals surface area contributed by atoms with Gasteiger partial charge in [-0.2, -0.15) is 0 Å². The maximum Gasteiger partial charge on any atom is 0.162 e. The maximum absolute atomic E-state index is 5.70. The van der Waals surface area contributed by atoms with Crippen molar-refractivity contribution in [3.05, 3.63) is 24.2 Å². The highest BCUT2D eigenvalue weighted by atomic mass is 16.5. The Morgan fingerprint density at radius 3 is 3.00 bits per heavy atom. The van der Waals surface area contributed by atoms with E-state index in [0.717, 1.165) is 63.5 Å². The molecule has 1 N–H and O–H groups in total. The molecular weight excluding hydrogens is 266 g/mol. The average Bonchev–Trinajstić information content (AvgIpc) is 3.18. The average molecular weight is 287 g/mol. The minimum Gasteiger partial charge on any atom is -0.378 e. The van der Waals surface area contributed by atoms with Crippen LogP contribution in [0.15, 0.2) is 18.3 Å². The molecule has 6 heteroatoms. The highest BCUT2D eigenvalue weighted by molar-refractivity contribution is 5.56. The quantitative estimate of drug-likeness (QED) is 0.907. The van der Waals surface area contributed by atoms with Crippen LogP contribution in [0, 0.1) is 0 Å². The molecule has 2 aliphatic rings. The zero-order valence-electron chi connectivity index (χ0n) is 12.2. The highest BCUT2D eigenvalue weighted by Crippen LogP contribution is 2.20. The Balaban J connectivity index is 1.57. The zero-order valence-corrected chi connectivity index (χ0v) is 12.2. The predicted molar refractivity (Wildman–Crippen MR) is 80.7 cm³/mol. The fraction of sp³-hybridized carbons (Fsp3) is 0.600. The van der Waals surface area contributed by atoms with Crippen LogP contribution in [0.1, 0.15) is 18.7 Å². The van der Waals surface area contributed by atoms with Crippen LogP contribution in [-0.4, -0.2) is 53.5 Å². The van der Waals surface area contributed by atoms with E-state index in [-0.39, 0.29) is 0 Å². The zero-order chi connectivity index (χ0) is 14.1. The molecule has 0 aliphatic carbocycles. The first-order chi connectivity index (χ1) is 10.4. The summed E-state index contributed by atoms with van der Waals surface area (Å²) < 4.78 is 7.79. The molecule has 2 aromatic heterocycles. The van der Waals surface area contributed by atoms with Crippen LogP contribution in [0.3, 0.4) is 0 Å². The first kappa shape index (κ1) is 13.0. The summed E-state index contributed by atoms with van der Waals surface area (Å²) in [6, 6.07) is 4.30. The van der Waals surface area contributed by atoms with Gasteiger partial charge < -0.3 is 15.0 Å². The molecule has 4 heterocycles. The molecular formula is C15H21N5O. The summed E-state index contributed by atoms with van der Waals surface area (Å²) >= 11 is 0. The molecule has 2 aliphatic heterocycles. The van der Waals surface area contributed by atoms with Gasteiger partial charge in [0.05, 0.1) is 6.10 Å². The molecule has 0 radical (unpaired) electrons. The summed E-state index contributed by atoms with van der Waals surface area (Å²) in [7, 11) is 0.